The van der Waals surface area contributed by atoms with Crippen LogP contribution in [-0.2, 0) is 0 Å². The second-order valence-corrected chi connectivity index (χ2v) is 13.3. The van der Waals surface area contributed by atoms with Gasteiger partial charge in [-0.25, -0.2) is 0 Å². The third-order valence-electron chi connectivity index (χ3n) is 9.31. The highest BCUT2D eigenvalue weighted by Crippen LogP contribution is 2.48. The number of furan rings is 1. The van der Waals surface area contributed by atoms with Crippen molar-refractivity contribution in [3.05, 3.63) is 163 Å². The molecule has 0 fully saturated rings. The van der Waals surface area contributed by atoms with Crippen LogP contribution < -0.4 is 15.0 Å². The van der Waals surface area contributed by atoms with Gasteiger partial charge in [0.1, 0.15) is 11.2 Å². The Bertz CT molecular complexity index is 2630. The number of ether oxygens (including phenoxy) is 1. The van der Waals surface area contributed by atoms with Gasteiger partial charge in [0.15, 0.2) is 12.0 Å². The van der Waals surface area contributed by atoms with Gasteiger partial charge in [-0.3, -0.25) is 0 Å². The summed E-state index contributed by atoms with van der Waals surface area (Å²) in [6.45, 7) is 0. The minimum atomic E-state index is -0.258. The van der Waals surface area contributed by atoms with Crippen LogP contribution in [0.25, 0.3) is 53.2 Å². The van der Waals surface area contributed by atoms with Gasteiger partial charge in [-0.2, -0.15) is 0 Å². The van der Waals surface area contributed by atoms with E-state index in [-0.39, 0.29) is 6.23 Å². The van der Waals surface area contributed by atoms with Crippen LogP contribution in [0.1, 0.15) is 11.8 Å². The molecule has 48 heavy (non-hydrogen) atoms. The molecule has 4 nitrogen and oxygen atoms in total. The average Bonchev–Trinajstić information content (AvgIpc) is 3.86. The first-order valence-electron chi connectivity index (χ1n) is 16.1. The molecule has 228 valence electrons. The van der Waals surface area contributed by atoms with Gasteiger partial charge < -0.3 is 19.4 Å². The molecule has 1 N–H and O–H groups in total. The van der Waals surface area contributed by atoms with Crippen molar-refractivity contribution in [3.63, 3.8) is 0 Å². The lowest BCUT2D eigenvalue weighted by Crippen LogP contribution is -2.10. The maximum absolute atomic E-state index is 6.59. The van der Waals surface area contributed by atoms with E-state index in [1.54, 1.807) is 0 Å². The predicted molar refractivity (Wildman–Crippen MR) is 200 cm³/mol. The topological polar surface area (TPSA) is 37.6 Å². The third kappa shape index (κ3) is 4.36. The first-order chi connectivity index (χ1) is 23.8. The van der Waals surface area contributed by atoms with E-state index in [1.807, 2.05) is 41.7 Å². The van der Waals surface area contributed by atoms with Crippen molar-refractivity contribution in [3.8, 4) is 16.9 Å². The van der Waals surface area contributed by atoms with Gasteiger partial charge in [-0.05, 0) is 77.9 Å². The lowest BCUT2D eigenvalue weighted by atomic mass is 10.0. The number of hydrogen-bond donors (Lipinski definition) is 1. The number of fused-ring (bicyclic) bond motifs is 8. The molecule has 2 aromatic heterocycles. The van der Waals surface area contributed by atoms with E-state index < -0.39 is 0 Å². The predicted octanol–water partition coefficient (Wildman–Crippen LogP) is 12.6. The van der Waals surface area contributed by atoms with Crippen molar-refractivity contribution >= 4 is 76.2 Å². The number of nitrogens with zero attached hydrogens (tertiary/aromatic N) is 1. The van der Waals surface area contributed by atoms with Crippen LogP contribution in [0.15, 0.2) is 162 Å². The molecule has 1 aliphatic heterocycles. The molecule has 5 heteroatoms. The monoisotopic (exact) mass is 636 g/mol. The normalized spacial score (nSPS) is 14.0. The van der Waals surface area contributed by atoms with E-state index >= 15 is 0 Å². The zero-order chi connectivity index (χ0) is 31.6. The van der Waals surface area contributed by atoms with Crippen LogP contribution >= 0.6 is 11.3 Å². The minimum absolute atomic E-state index is 0.258. The van der Waals surface area contributed by atoms with E-state index in [1.165, 1.54) is 31.3 Å². The molecule has 0 saturated heterocycles. The number of thiophene rings is 1. The number of hydrogen-bond acceptors (Lipinski definition) is 5. The molecule has 0 amide bonds. The quantitative estimate of drug-likeness (QED) is 0.204. The second-order valence-electron chi connectivity index (χ2n) is 12.2. The summed E-state index contributed by atoms with van der Waals surface area (Å²) < 4.78 is 15.6. The van der Waals surface area contributed by atoms with Gasteiger partial charge in [-0.15, -0.1) is 11.3 Å². The van der Waals surface area contributed by atoms with E-state index in [2.05, 4.69) is 138 Å². The highest BCUT2D eigenvalue weighted by molar-refractivity contribution is 7.25. The highest BCUT2D eigenvalue weighted by Gasteiger charge is 2.28. The van der Waals surface area contributed by atoms with Crippen molar-refractivity contribution in [1.82, 2.24) is 0 Å². The number of anilines is 4. The summed E-state index contributed by atoms with van der Waals surface area (Å²) in [7, 11) is 0. The van der Waals surface area contributed by atoms with Gasteiger partial charge in [0.2, 0.25) is 0 Å². The first kappa shape index (κ1) is 27.1. The number of nitrogens with one attached hydrogen (secondary N) is 1. The zero-order valence-corrected chi connectivity index (χ0v) is 26.6. The van der Waals surface area contributed by atoms with Crippen molar-refractivity contribution in [2.45, 2.75) is 6.23 Å². The summed E-state index contributed by atoms with van der Waals surface area (Å²) in [5, 5.41) is 8.10. The van der Waals surface area contributed by atoms with Gasteiger partial charge in [0.05, 0.1) is 11.1 Å². The largest absolute Gasteiger partial charge is 0.464 e. The average molecular weight is 637 g/mol. The minimum Gasteiger partial charge on any atom is -0.464 e. The van der Waals surface area contributed by atoms with E-state index in [0.29, 0.717) is 0 Å². The van der Waals surface area contributed by atoms with Crippen LogP contribution in [0.4, 0.5) is 22.7 Å². The van der Waals surface area contributed by atoms with Crippen LogP contribution in [0, 0.1) is 0 Å². The Kier molecular flexibility index (Phi) is 6.08. The van der Waals surface area contributed by atoms with Crippen molar-refractivity contribution in [1.29, 1.82) is 0 Å². The standard InChI is InChI=1S/C43H28N2O2S/c1-3-9-27(10-4-1)28-15-17-30(18-16-28)45(32-20-24-40-34(25-32)33-13-7-8-14-39(33)48-40)31-19-22-37-35(26-31)41-38(46-37)23-21-36-42(41)47-43(44-36)29-11-5-2-6-12-29/h1-26,43-44H. The van der Waals surface area contributed by atoms with E-state index in [4.69, 9.17) is 9.15 Å². The van der Waals surface area contributed by atoms with Crippen LogP contribution in [-0.4, -0.2) is 0 Å². The second kappa shape index (κ2) is 10.8. The molecule has 3 heterocycles. The van der Waals surface area contributed by atoms with Gasteiger partial charge in [-0.1, -0.05) is 91.0 Å². The summed E-state index contributed by atoms with van der Waals surface area (Å²) >= 11 is 1.84. The Morgan fingerprint density at radius 3 is 2.00 bits per heavy atom. The fraction of sp³-hybridized carbons (Fsp3) is 0.0233. The molecule has 1 aliphatic rings. The van der Waals surface area contributed by atoms with Gasteiger partial charge in [0.25, 0.3) is 0 Å². The Balaban J connectivity index is 1.14. The first-order valence-corrected chi connectivity index (χ1v) is 16.9. The lowest BCUT2D eigenvalue weighted by molar-refractivity contribution is 0.263. The van der Waals surface area contributed by atoms with Gasteiger partial charge >= 0.3 is 0 Å². The maximum atomic E-state index is 6.59. The summed E-state index contributed by atoms with van der Waals surface area (Å²) in [6.07, 6.45) is -0.258. The molecule has 7 aromatic carbocycles. The molecule has 0 radical (unpaired) electrons. The lowest BCUT2D eigenvalue weighted by Gasteiger charge is -2.26. The summed E-state index contributed by atoms with van der Waals surface area (Å²) in [5.74, 6) is 0.821. The molecule has 0 spiro atoms. The van der Waals surface area contributed by atoms with Crippen LogP contribution in [0.2, 0.25) is 0 Å². The maximum Gasteiger partial charge on any atom is 0.196 e. The third-order valence-corrected chi connectivity index (χ3v) is 10.5. The summed E-state index contributed by atoms with van der Waals surface area (Å²) in [5.41, 5.74) is 9.27. The molecule has 0 aliphatic carbocycles. The molecule has 10 rings (SSSR count). The Hall–Kier alpha value is -6.04. The van der Waals surface area contributed by atoms with Crippen LogP contribution in [0.5, 0.6) is 5.75 Å². The van der Waals surface area contributed by atoms with Gasteiger partial charge in [0, 0.05) is 48.2 Å². The Morgan fingerprint density at radius 1 is 0.521 bits per heavy atom. The number of rotatable bonds is 5. The molecule has 1 atom stereocenters. The molecule has 0 bridgehead atoms. The molecule has 9 aromatic rings. The fourth-order valence-corrected chi connectivity index (χ4v) is 8.09. The molecule has 0 saturated carbocycles. The fourth-order valence-electron chi connectivity index (χ4n) is 7.00. The number of benzene rings is 7. The SMILES string of the molecule is c1ccc(-c2ccc(N(c3ccc4sc5ccccc5c4c3)c3ccc4oc5ccc6c(c5c4c3)OC(c3ccccc3)N6)cc2)cc1. The Labute approximate surface area is 281 Å². The summed E-state index contributed by atoms with van der Waals surface area (Å²) in [4.78, 5) is 2.34. The van der Waals surface area contributed by atoms with E-state index in [9.17, 15) is 0 Å². The Morgan fingerprint density at radius 2 is 1.17 bits per heavy atom. The smallest absolute Gasteiger partial charge is 0.196 e. The van der Waals surface area contributed by atoms with Crippen molar-refractivity contribution in [2.24, 2.45) is 0 Å². The van der Waals surface area contributed by atoms with E-state index in [0.717, 1.165) is 56.0 Å². The summed E-state index contributed by atoms with van der Waals surface area (Å²) in [6, 6.07) is 55.6. The van der Waals surface area contributed by atoms with Crippen LogP contribution in [0.3, 0.4) is 0 Å². The van der Waals surface area contributed by atoms with Crippen molar-refractivity contribution in [2.75, 3.05) is 10.2 Å². The molecular formula is C43H28N2O2S. The molecule has 1 unspecified atom stereocenters. The highest BCUT2D eigenvalue weighted by atomic mass is 32.1. The zero-order valence-electron chi connectivity index (χ0n) is 25.8. The molecular weight excluding hydrogens is 609 g/mol. The van der Waals surface area contributed by atoms with Crippen molar-refractivity contribution < 1.29 is 9.15 Å².